The number of carboxylic acid groups (broad SMARTS) is 1. The van der Waals surface area contributed by atoms with Crippen molar-refractivity contribution in [2.75, 3.05) is 0 Å². The predicted molar refractivity (Wildman–Crippen MR) is 144 cm³/mol. The molecule has 4 aromatic carbocycles. The van der Waals surface area contributed by atoms with Crippen molar-refractivity contribution in [3.05, 3.63) is 135 Å². The van der Waals surface area contributed by atoms with Gasteiger partial charge in [0.2, 0.25) is 0 Å². The number of non-ortho nitro benzene ring substituents is 1. The number of rotatable bonds is 12. The number of hydrogen-bond donors (Lipinski definition) is 2. The van der Waals surface area contributed by atoms with Crippen molar-refractivity contribution in [2.45, 2.75) is 25.7 Å². The van der Waals surface area contributed by atoms with E-state index in [2.05, 4.69) is 5.32 Å². The summed E-state index contributed by atoms with van der Waals surface area (Å²) < 4.78 is 12.1. The molecule has 0 spiro atoms. The maximum absolute atomic E-state index is 12.7. The van der Waals surface area contributed by atoms with Crippen LogP contribution in [0.4, 0.5) is 5.69 Å². The van der Waals surface area contributed by atoms with Crippen LogP contribution in [0.15, 0.2) is 103 Å². The van der Waals surface area contributed by atoms with E-state index in [1.54, 1.807) is 18.2 Å². The molecule has 0 aromatic heterocycles. The maximum Gasteiger partial charge on any atom is 0.326 e. The number of nitrogens with one attached hydrogen (secondary N) is 1. The summed E-state index contributed by atoms with van der Waals surface area (Å²) in [5.41, 5.74) is 2.25. The van der Waals surface area contributed by atoms with Crippen LogP contribution in [0.3, 0.4) is 0 Å². The number of nitrogens with zero attached hydrogens (tertiary/aromatic N) is 1. The smallest absolute Gasteiger partial charge is 0.326 e. The Morgan fingerprint density at radius 1 is 0.769 bits per heavy atom. The number of aliphatic carboxylic acids is 1. The van der Waals surface area contributed by atoms with E-state index >= 15 is 0 Å². The largest absolute Gasteiger partial charge is 0.485 e. The number of benzene rings is 4. The molecule has 4 rings (SSSR count). The van der Waals surface area contributed by atoms with E-state index < -0.39 is 22.8 Å². The Balaban J connectivity index is 1.52. The van der Waals surface area contributed by atoms with Gasteiger partial charge in [-0.3, -0.25) is 14.9 Å². The molecule has 0 saturated carbocycles. The van der Waals surface area contributed by atoms with Gasteiger partial charge in [-0.15, -0.1) is 0 Å². The van der Waals surface area contributed by atoms with Gasteiger partial charge in [-0.2, -0.15) is 0 Å². The highest BCUT2D eigenvalue weighted by molar-refractivity contribution is 5.97. The molecule has 0 unspecified atom stereocenters. The van der Waals surface area contributed by atoms with Crippen LogP contribution in [0.25, 0.3) is 0 Å². The van der Waals surface area contributed by atoms with Crippen molar-refractivity contribution in [1.82, 2.24) is 5.32 Å². The van der Waals surface area contributed by atoms with Crippen LogP contribution >= 0.6 is 0 Å². The second kappa shape index (κ2) is 12.9. The van der Waals surface area contributed by atoms with Crippen LogP contribution in [0.1, 0.15) is 27.0 Å². The summed E-state index contributed by atoms with van der Waals surface area (Å²) in [4.78, 5) is 35.1. The Bertz CT molecular complexity index is 1440. The zero-order valence-corrected chi connectivity index (χ0v) is 20.9. The molecule has 39 heavy (non-hydrogen) atoms. The zero-order valence-electron chi connectivity index (χ0n) is 20.9. The average molecular weight is 527 g/mol. The molecule has 2 N–H and O–H groups in total. The summed E-state index contributed by atoms with van der Waals surface area (Å²) in [6.45, 7) is 0.594. The van der Waals surface area contributed by atoms with Crippen LogP contribution in [0, 0.1) is 10.1 Å². The van der Waals surface area contributed by atoms with Gasteiger partial charge >= 0.3 is 5.97 Å². The SMILES string of the molecule is O=C(N[C@H](Cc1ccc(OCc2ccccc2)c(OCc2ccccc2)c1)C(=O)O)c1cccc([N+](=O)[O-])c1. The van der Waals surface area contributed by atoms with E-state index in [1.165, 1.54) is 18.2 Å². The minimum Gasteiger partial charge on any atom is -0.485 e. The molecule has 9 heteroatoms. The van der Waals surface area contributed by atoms with E-state index in [0.29, 0.717) is 23.7 Å². The van der Waals surface area contributed by atoms with Crippen LogP contribution in [-0.2, 0) is 24.4 Å². The molecule has 0 aliphatic heterocycles. The van der Waals surface area contributed by atoms with Crippen molar-refractivity contribution in [3.8, 4) is 11.5 Å². The first kappa shape index (κ1) is 26.9. The van der Waals surface area contributed by atoms with E-state index in [1.807, 2.05) is 60.7 Å². The van der Waals surface area contributed by atoms with E-state index in [4.69, 9.17) is 9.47 Å². The number of hydrogen-bond acceptors (Lipinski definition) is 6. The van der Waals surface area contributed by atoms with Gasteiger partial charge in [-0.05, 0) is 34.9 Å². The Morgan fingerprint density at radius 2 is 1.38 bits per heavy atom. The van der Waals surface area contributed by atoms with Gasteiger partial charge in [0.1, 0.15) is 19.3 Å². The molecule has 0 heterocycles. The number of nitro benzene ring substituents is 1. The van der Waals surface area contributed by atoms with E-state index in [0.717, 1.165) is 17.2 Å². The average Bonchev–Trinajstić information content (AvgIpc) is 2.96. The number of ether oxygens (including phenoxy) is 2. The number of nitro groups is 1. The molecular formula is C30H26N2O7. The topological polar surface area (TPSA) is 128 Å². The van der Waals surface area contributed by atoms with E-state index in [-0.39, 0.29) is 24.3 Å². The quantitative estimate of drug-likeness (QED) is 0.192. The number of amides is 1. The first-order chi connectivity index (χ1) is 18.9. The fraction of sp³-hybridized carbons (Fsp3) is 0.133. The van der Waals surface area contributed by atoms with Crippen molar-refractivity contribution < 1.29 is 29.1 Å². The predicted octanol–water partition coefficient (Wildman–Crippen LogP) is 5.18. The van der Waals surface area contributed by atoms with Crippen LogP contribution in [0.5, 0.6) is 11.5 Å². The lowest BCUT2D eigenvalue weighted by atomic mass is 10.0. The van der Waals surface area contributed by atoms with Crippen molar-refractivity contribution >= 4 is 17.6 Å². The Kier molecular flexibility index (Phi) is 8.87. The molecule has 0 radical (unpaired) electrons. The molecule has 0 aliphatic rings. The molecule has 0 fully saturated rings. The molecule has 0 bridgehead atoms. The molecular weight excluding hydrogens is 500 g/mol. The van der Waals surface area contributed by atoms with Gasteiger partial charge in [-0.1, -0.05) is 72.8 Å². The summed E-state index contributed by atoms with van der Waals surface area (Å²) >= 11 is 0. The molecule has 9 nitrogen and oxygen atoms in total. The number of carbonyl (C=O) groups is 2. The maximum atomic E-state index is 12.7. The lowest BCUT2D eigenvalue weighted by Gasteiger charge is -2.17. The third-order valence-electron chi connectivity index (χ3n) is 5.84. The third kappa shape index (κ3) is 7.65. The van der Waals surface area contributed by atoms with Crippen LogP contribution in [-0.4, -0.2) is 27.9 Å². The molecule has 1 amide bonds. The second-order valence-electron chi connectivity index (χ2n) is 8.71. The first-order valence-electron chi connectivity index (χ1n) is 12.1. The third-order valence-corrected chi connectivity index (χ3v) is 5.84. The van der Waals surface area contributed by atoms with Gasteiger partial charge in [0, 0.05) is 24.1 Å². The van der Waals surface area contributed by atoms with Gasteiger partial charge in [0.05, 0.1) is 4.92 Å². The fourth-order valence-electron chi connectivity index (χ4n) is 3.82. The Morgan fingerprint density at radius 3 is 1.97 bits per heavy atom. The van der Waals surface area contributed by atoms with Crippen molar-refractivity contribution in [3.63, 3.8) is 0 Å². The minimum absolute atomic E-state index is 0.00741. The van der Waals surface area contributed by atoms with Crippen LogP contribution < -0.4 is 14.8 Å². The summed E-state index contributed by atoms with van der Waals surface area (Å²) in [5, 5.41) is 23.3. The molecule has 0 aliphatic carbocycles. The number of carboxylic acids is 1. The minimum atomic E-state index is -1.28. The zero-order chi connectivity index (χ0) is 27.6. The highest BCUT2D eigenvalue weighted by atomic mass is 16.6. The molecule has 198 valence electrons. The summed E-state index contributed by atoms with van der Waals surface area (Å²) in [5.74, 6) is -1.05. The lowest BCUT2D eigenvalue weighted by molar-refractivity contribution is -0.384. The molecule has 4 aromatic rings. The summed E-state index contributed by atoms with van der Waals surface area (Å²) in [7, 11) is 0. The van der Waals surface area contributed by atoms with Gasteiger partial charge in [-0.25, -0.2) is 4.79 Å². The highest BCUT2D eigenvalue weighted by Gasteiger charge is 2.23. The van der Waals surface area contributed by atoms with Gasteiger partial charge in [0.25, 0.3) is 11.6 Å². The van der Waals surface area contributed by atoms with Gasteiger partial charge in [0.15, 0.2) is 11.5 Å². The Hall–Kier alpha value is -5.18. The summed E-state index contributed by atoms with van der Waals surface area (Å²) in [6, 6.07) is 28.2. The summed E-state index contributed by atoms with van der Waals surface area (Å²) in [6.07, 6.45) is -0.0450. The first-order valence-corrected chi connectivity index (χ1v) is 12.1. The fourth-order valence-corrected chi connectivity index (χ4v) is 3.82. The van der Waals surface area contributed by atoms with Crippen molar-refractivity contribution in [1.29, 1.82) is 0 Å². The monoisotopic (exact) mass is 526 g/mol. The second-order valence-corrected chi connectivity index (χ2v) is 8.71. The Labute approximate surface area is 224 Å². The standard InChI is InChI=1S/C30H26N2O7/c33-29(24-12-7-13-25(18-24)32(36)37)31-26(30(34)35)16-23-14-15-27(38-19-21-8-3-1-4-9-21)28(17-23)39-20-22-10-5-2-6-11-22/h1-15,17-18,26H,16,19-20H2,(H,31,33)(H,34,35)/t26-/m1/s1. The van der Waals surface area contributed by atoms with Crippen LogP contribution in [0.2, 0.25) is 0 Å². The molecule has 0 saturated heterocycles. The van der Waals surface area contributed by atoms with E-state index in [9.17, 15) is 24.8 Å². The lowest BCUT2D eigenvalue weighted by Crippen LogP contribution is -2.42. The van der Waals surface area contributed by atoms with Crippen molar-refractivity contribution in [2.24, 2.45) is 0 Å². The highest BCUT2D eigenvalue weighted by Crippen LogP contribution is 2.31. The number of carbonyl (C=O) groups excluding carboxylic acids is 1. The van der Waals surface area contributed by atoms with Gasteiger partial charge < -0.3 is 19.9 Å². The molecule has 1 atom stereocenters. The normalized spacial score (nSPS) is 11.3.